The minimum Gasteiger partial charge on any atom is -0.481 e. The summed E-state index contributed by atoms with van der Waals surface area (Å²) in [5.74, 6) is -8.55. The van der Waals surface area contributed by atoms with Crippen LogP contribution in [-0.2, 0) is 33.6 Å². The predicted molar refractivity (Wildman–Crippen MR) is 106 cm³/mol. The van der Waals surface area contributed by atoms with Crippen molar-refractivity contribution in [2.45, 2.75) is 56.3 Å². The van der Waals surface area contributed by atoms with Gasteiger partial charge in [0, 0.05) is 12.8 Å². The average molecular weight is 477 g/mol. The van der Waals surface area contributed by atoms with E-state index in [0.29, 0.717) is 0 Å². The van der Waals surface area contributed by atoms with Crippen molar-refractivity contribution in [3.63, 3.8) is 0 Å². The standard InChI is InChI=1S/C17H27N5O11/c18-7(1-3-11(19)24)14(29)22-10(6-23)16(31)20-8(2-4-12(25)26)15(30)21-9(17(32)33)5-13(27)28/h7-10,23H,1-6,18H2,(H2,19,24)(H,20,31)(H,21,30)(H,22,29)(H,25,26)(H,27,28)(H,32,33). The zero-order valence-corrected chi connectivity index (χ0v) is 17.4. The highest BCUT2D eigenvalue weighted by Crippen LogP contribution is 2.03. The average Bonchev–Trinajstić information content (AvgIpc) is 2.71. The smallest absolute Gasteiger partial charge is 0.326 e. The van der Waals surface area contributed by atoms with E-state index in [0.717, 1.165) is 0 Å². The Morgan fingerprint density at radius 2 is 1.21 bits per heavy atom. The van der Waals surface area contributed by atoms with Gasteiger partial charge in [-0.05, 0) is 12.8 Å². The molecule has 33 heavy (non-hydrogen) atoms. The topological polar surface area (TPSA) is 289 Å². The lowest BCUT2D eigenvalue weighted by molar-refractivity contribution is -0.147. The maximum Gasteiger partial charge on any atom is 0.326 e. The third-order valence-electron chi connectivity index (χ3n) is 4.13. The molecule has 11 N–H and O–H groups in total. The van der Waals surface area contributed by atoms with Crippen molar-refractivity contribution in [2.75, 3.05) is 6.61 Å². The summed E-state index contributed by atoms with van der Waals surface area (Å²) < 4.78 is 0. The van der Waals surface area contributed by atoms with Crippen molar-refractivity contribution in [1.29, 1.82) is 0 Å². The van der Waals surface area contributed by atoms with E-state index in [2.05, 4.69) is 10.6 Å². The third kappa shape index (κ3) is 12.0. The van der Waals surface area contributed by atoms with Crippen LogP contribution in [0.2, 0.25) is 0 Å². The van der Waals surface area contributed by atoms with Crippen molar-refractivity contribution in [3.8, 4) is 0 Å². The molecule has 16 nitrogen and oxygen atoms in total. The van der Waals surface area contributed by atoms with Crippen LogP contribution in [0.3, 0.4) is 0 Å². The summed E-state index contributed by atoms with van der Waals surface area (Å²) in [5, 5.41) is 42.0. The van der Waals surface area contributed by atoms with E-state index >= 15 is 0 Å². The van der Waals surface area contributed by atoms with E-state index in [4.69, 9.17) is 26.8 Å². The van der Waals surface area contributed by atoms with Crippen molar-refractivity contribution in [3.05, 3.63) is 0 Å². The number of rotatable bonds is 16. The first kappa shape index (κ1) is 29.2. The van der Waals surface area contributed by atoms with Crippen LogP contribution in [0.4, 0.5) is 0 Å². The molecule has 0 aliphatic heterocycles. The van der Waals surface area contributed by atoms with Crippen LogP contribution in [0.5, 0.6) is 0 Å². The molecule has 0 bridgehead atoms. The van der Waals surface area contributed by atoms with Gasteiger partial charge in [-0.3, -0.25) is 28.8 Å². The second-order valence-corrected chi connectivity index (χ2v) is 6.85. The van der Waals surface area contributed by atoms with E-state index in [1.54, 1.807) is 0 Å². The molecule has 0 fully saturated rings. The molecule has 4 atom stereocenters. The fourth-order valence-corrected chi connectivity index (χ4v) is 2.36. The number of carbonyl (C=O) groups excluding carboxylic acids is 4. The van der Waals surface area contributed by atoms with Crippen molar-refractivity contribution in [2.24, 2.45) is 11.5 Å². The number of hydrogen-bond acceptors (Lipinski definition) is 9. The third-order valence-corrected chi connectivity index (χ3v) is 4.13. The Labute approximate surface area is 186 Å². The lowest BCUT2D eigenvalue weighted by Crippen LogP contribution is -2.58. The Kier molecular flexibility index (Phi) is 12.7. The molecule has 186 valence electrons. The van der Waals surface area contributed by atoms with Crippen LogP contribution >= 0.6 is 0 Å². The molecule has 0 aromatic heterocycles. The molecule has 0 saturated carbocycles. The minimum absolute atomic E-state index is 0.148. The van der Waals surface area contributed by atoms with Crippen molar-refractivity contribution >= 4 is 41.5 Å². The van der Waals surface area contributed by atoms with Gasteiger partial charge in [0.15, 0.2) is 0 Å². The van der Waals surface area contributed by atoms with Gasteiger partial charge in [0.05, 0.1) is 19.1 Å². The van der Waals surface area contributed by atoms with Crippen molar-refractivity contribution < 1.29 is 54.0 Å². The quantitative estimate of drug-likeness (QED) is 0.101. The second-order valence-electron chi connectivity index (χ2n) is 6.85. The van der Waals surface area contributed by atoms with Gasteiger partial charge in [-0.1, -0.05) is 0 Å². The molecule has 0 heterocycles. The van der Waals surface area contributed by atoms with Gasteiger partial charge < -0.3 is 47.8 Å². The first-order valence-corrected chi connectivity index (χ1v) is 9.50. The van der Waals surface area contributed by atoms with E-state index in [1.165, 1.54) is 0 Å². The second kappa shape index (κ2) is 14.3. The molecule has 0 spiro atoms. The Balaban J connectivity index is 5.32. The van der Waals surface area contributed by atoms with Crippen LogP contribution in [0.15, 0.2) is 0 Å². The van der Waals surface area contributed by atoms with Crippen LogP contribution in [-0.4, -0.2) is 92.7 Å². The Morgan fingerprint density at radius 3 is 1.67 bits per heavy atom. The summed E-state index contributed by atoms with van der Waals surface area (Å²) in [5.41, 5.74) is 10.5. The maximum atomic E-state index is 12.4. The van der Waals surface area contributed by atoms with E-state index in [-0.39, 0.29) is 12.8 Å². The fraction of sp³-hybridized carbons (Fsp3) is 0.588. The van der Waals surface area contributed by atoms with E-state index < -0.39 is 91.6 Å². The number of primary amides is 1. The van der Waals surface area contributed by atoms with Crippen LogP contribution in [0, 0.1) is 0 Å². The first-order valence-electron chi connectivity index (χ1n) is 9.50. The molecule has 0 saturated heterocycles. The molecule has 16 heteroatoms. The number of aliphatic carboxylic acids is 3. The number of nitrogens with one attached hydrogen (secondary N) is 3. The molecule has 0 aromatic carbocycles. The molecule has 4 amide bonds. The molecule has 0 radical (unpaired) electrons. The maximum absolute atomic E-state index is 12.4. The summed E-state index contributed by atoms with van der Waals surface area (Å²) in [4.78, 5) is 80.3. The number of aliphatic hydroxyl groups is 1. The Morgan fingerprint density at radius 1 is 0.697 bits per heavy atom. The lowest BCUT2D eigenvalue weighted by Gasteiger charge is -2.24. The molecular weight excluding hydrogens is 450 g/mol. The largest absolute Gasteiger partial charge is 0.481 e. The van der Waals surface area contributed by atoms with Gasteiger partial charge in [0.2, 0.25) is 23.6 Å². The number of carboxylic acid groups (broad SMARTS) is 3. The number of carboxylic acids is 3. The Hall–Kier alpha value is -3.79. The van der Waals surface area contributed by atoms with Gasteiger partial charge >= 0.3 is 17.9 Å². The minimum atomic E-state index is -1.86. The van der Waals surface area contributed by atoms with E-state index in [9.17, 15) is 38.7 Å². The van der Waals surface area contributed by atoms with Gasteiger partial charge in [0.1, 0.15) is 18.1 Å². The number of amides is 4. The molecule has 0 aromatic rings. The lowest BCUT2D eigenvalue weighted by atomic mass is 10.1. The zero-order valence-electron chi connectivity index (χ0n) is 17.4. The molecule has 0 rings (SSSR count). The molecule has 4 unspecified atom stereocenters. The van der Waals surface area contributed by atoms with Crippen LogP contribution < -0.4 is 27.4 Å². The summed E-state index contributed by atoms with van der Waals surface area (Å²) in [6, 6.07) is -6.39. The zero-order chi connectivity index (χ0) is 25.7. The monoisotopic (exact) mass is 477 g/mol. The summed E-state index contributed by atoms with van der Waals surface area (Å²) >= 11 is 0. The summed E-state index contributed by atoms with van der Waals surface area (Å²) in [6.07, 6.45) is -2.51. The van der Waals surface area contributed by atoms with Gasteiger partial charge in [-0.15, -0.1) is 0 Å². The normalized spacial score (nSPS) is 14.1. The number of hydrogen-bond donors (Lipinski definition) is 9. The SMILES string of the molecule is NC(=O)CCC(N)C(=O)NC(CO)C(=O)NC(CCC(=O)O)C(=O)NC(CC(=O)O)C(=O)O. The summed E-state index contributed by atoms with van der Waals surface area (Å²) in [6.45, 7) is -0.954. The molecule has 0 aliphatic carbocycles. The number of carbonyl (C=O) groups is 7. The van der Waals surface area contributed by atoms with Gasteiger partial charge in [0.25, 0.3) is 0 Å². The van der Waals surface area contributed by atoms with Gasteiger partial charge in [-0.2, -0.15) is 0 Å². The predicted octanol–water partition coefficient (Wildman–Crippen LogP) is -4.55. The number of nitrogens with two attached hydrogens (primary N) is 2. The van der Waals surface area contributed by atoms with Crippen LogP contribution in [0.25, 0.3) is 0 Å². The van der Waals surface area contributed by atoms with Crippen LogP contribution in [0.1, 0.15) is 32.1 Å². The van der Waals surface area contributed by atoms with Crippen molar-refractivity contribution in [1.82, 2.24) is 16.0 Å². The Bertz CT molecular complexity index is 772. The van der Waals surface area contributed by atoms with Gasteiger partial charge in [-0.25, -0.2) is 4.79 Å². The fourth-order valence-electron chi connectivity index (χ4n) is 2.36. The van der Waals surface area contributed by atoms with E-state index in [1.807, 2.05) is 5.32 Å². The highest BCUT2D eigenvalue weighted by atomic mass is 16.4. The summed E-state index contributed by atoms with van der Waals surface area (Å²) in [7, 11) is 0. The molecular formula is C17H27N5O11. The number of aliphatic hydroxyl groups excluding tert-OH is 1. The highest BCUT2D eigenvalue weighted by molar-refractivity contribution is 5.95. The highest BCUT2D eigenvalue weighted by Gasteiger charge is 2.31. The first-order chi connectivity index (χ1) is 15.3. The molecule has 0 aliphatic rings.